The molecule has 5 N–H and O–H groups in total. The van der Waals surface area contributed by atoms with E-state index in [1.807, 2.05) is 0 Å². The first kappa shape index (κ1) is 14.0. The lowest BCUT2D eigenvalue weighted by Gasteiger charge is -2.21. The molecule has 0 rings (SSSR count). The van der Waals surface area contributed by atoms with E-state index < -0.39 is 25.5 Å². The molecule has 15 heavy (non-hydrogen) atoms. The largest absolute Gasteiger partial charge is 0.505 e. The Morgan fingerprint density at radius 3 is 2.13 bits per heavy atom. The second-order valence-corrected chi connectivity index (χ2v) is 4.33. The van der Waals surface area contributed by atoms with Gasteiger partial charge in [0, 0.05) is 12.8 Å². The fourth-order valence-corrected chi connectivity index (χ4v) is 1.55. The smallest absolute Gasteiger partial charge is 0.481 e. The minimum absolute atomic E-state index is 0.221. The Balaban J connectivity index is 4.38. The quantitative estimate of drug-likeness (QED) is 0.449. The number of hydrogen-bond donors (Lipinski definition) is 4. The van der Waals surface area contributed by atoms with Crippen LogP contribution < -0.4 is 5.73 Å². The van der Waals surface area contributed by atoms with Gasteiger partial charge in [0.05, 0.1) is 0 Å². The van der Waals surface area contributed by atoms with Crippen molar-refractivity contribution in [2.24, 2.45) is 5.73 Å². The van der Waals surface area contributed by atoms with E-state index in [2.05, 4.69) is 0 Å². The third-order valence-corrected chi connectivity index (χ3v) is 2.57. The van der Waals surface area contributed by atoms with Crippen molar-refractivity contribution in [1.29, 1.82) is 0 Å². The molecule has 0 aliphatic carbocycles. The summed E-state index contributed by atoms with van der Waals surface area (Å²) in [6, 6.07) is 0. The Kier molecular flexibility index (Phi) is 5.35. The molecule has 2 unspecified atom stereocenters. The van der Waals surface area contributed by atoms with Crippen molar-refractivity contribution in [3.8, 4) is 0 Å². The molecule has 7 nitrogen and oxygen atoms in total. The standard InChI is InChI=1S/C7H12NO6P/c8-7(6(11)12,2-1-5(9)10)3-4-15(13)14/h1-4,8H2,(H2-,9,10,11,12,13,14)/p+1. The summed E-state index contributed by atoms with van der Waals surface area (Å²) in [6.07, 6.45) is -1.12. The van der Waals surface area contributed by atoms with Crippen molar-refractivity contribution >= 4 is 20.0 Å². The third kappa shape index (κ3) is 5.41. The molecule has 0 amide bonds. The van der Waals surface area contributed by atoms with E-state index >= 15 is 0 Å². The summed E-state index contributed by atoms with van der Waals surface area (Å²) in [5.74, 6) is -2.51. The van der Waals surface area contributed by atoms with Gasteiger partial charge in [0.15, 0.2) is 6.16 Å². The first-order chi connectivity index (χ1) is 6.78. The number of nitrogens with two attached hydrogens (primary N) is 1. The second-order valence-electron chi connectivity index (χ2n) is 3.18. The summed E-state index contributed by atoms with van der Waals surface area (Å²) in [7, 11) is -2.46. The minimum atomic E-state index is -2.46. The number of aliphatic carboxylic acids is 2. The van der Waals surface area contributed by atoms with Crippen molar-refractivity contribution in [3.05, 3.63) is 0 Å². The average molecular weight is 238 g/mol. The molecule has 0 aromatic rings. The Bertz CT molecular complexity index is 261. The third-order valence-electron chi connectivity index (χ3n) is 1.96. The lowest BCUT2D eigenvalue weighted by atomic mass is 9.92. The van der Waals surface area contributed by atoms with Crippen molar-refractivity contribution in [2.45, 2.75) is 24.8 Å². The Morgan fingerprint density at radius 2 is 1.80 bits per heavy atom. The number of hydrogen-bond acceptors (Lipinski definition) is 4. The summed E-state index contributed by atoms with van der Waals surface area (Å²) in [5, 5.41) is 17.1. The molecule has 0 bridgehead atoms. The Hall–Kier alpha value is -1.04. The van der Waals surface area contributed by atoms with E-state index in [0.717, 1.165) is 0 Å². The zero-order valence-corrected chi connectivity index (χ0v) is 8.81. The predicted molar refractivity (Wildman–Crippen MR) is 50.7 cm³/mol. The molecule has 0 aromatic carbocycles. The van der Waals surface area contributed by atoms with Crippen LogP contribution in [0.25, 0.3) is 0 Å². The molecule has 0 aromatic heterocycles. The molecular weight excluding hydrogens is 225 g/mol. The molecular formula is C7H13NO6P+. The van der Waals surface area contributed by atoms with Crippen molar-refractivity contribution in [1.82, 2.24) is 0 Å². The summed E-state index contributed by atoms with van der Waals surface area (Å²) in [6.45, 7) is 0. The maximum absolute atomic E-state index is 10.8. The number of rotatable bonds is 7. The molecule has 0 fully saturated rings. The normalized spacial score (nSPS) is 15.5. The van der Waals surface area contributed by atoms with Crippen LogP contribution in [0.2, 0.25) is 0 Å². The van der Waals surface area contributed by atoms with Crippen LogP contribution in [0.3, 0.4) is 0 Å². The van der Waals surface area contributed by atoms with Crippen LogP contribution in [0.4, 0.5) is 0 Å². The maximum Gasteiger partial charge on any atom is 0.505 e. The number of carboxylic acids is 2. The monoisotopic (exact) mass is 238 g/mol. The summed E-state index contributed by atoms with van der Waals surface area (Å²) in [4.78, 5) is 29.5. The molecule has 86 valence electrons. The number of carbonyl (C=O) groups is 2. The van der Waals surface area contributed by atoms with Gasteiger partial charge in [0.1, 0.15) is 5.54 Å². The summed E-state index contributed by atoms with van der Waals surface area (Å²) >= 11 is 0. The average Bonchev–Trinajstić information content (AvgIpc) is 2.11. The van der Waals surface area contributed by atoms with Gasteiger partial charge < -0.3 is 15.9 Å². The van der Waals surface area contributed by atoms with Crippen molar-refractivity contribution in [2.75, 3.05) is 6.16 Å². The molecule has 0 heterocycles. The van der Waals surface area contributed by atoms with E-state index in [4.69, 9.17) is 20.8 Å². The van der Waals surface area contributed by atoms with Crippen LogP contribution in [0.15, 0.2) is 0 Å². The molecule has 0 radical (unpaired) electrons. The first-order valence-electron chi connectivity index (χ1n) is 4.15. The van der Waals surface area contributed by atoms with Gasteiger partial charge in [-0.1, -0.05) is 0 Å². The molecule has 0 spiro atoms. The highest BCUT2D eigenvalue weighted by atomic mass is 31.1. The van der Waals surface area contributed by atoms with Gasteiger partial charge in [0.2, 0.25) is 0 Å². The van der Waals surface area contributed by atoms with Gasteiger partial charge in [-0.2, -0.15) is 4.89 Å². The molecule has 0 aliphatic heterocycles. The maximum atomic E-state index is 10.8. The molecule has 0 aliphatic rings. The van der Waals surface area contributed by atoms with E-state index in [-0.39, 0.29) is 25.4 Å². The lowest BCUT2D eigenvalue weighted by Crippen LogP contribution is -2.48. The number of carboxylic acid groups (broad SMARTS) is 2. The van der Waals surface area contributed by atoms with Crippen LogP contribution in [0, 0.1) is 0 Å². The van der Waals surface area contributed by atoms with E-state index in [0.29, 0.717) is 0 Å². The van der Waals surface area contributed by atoms with Gasteiger partial charge in [0.25, 0.3) is 0 Å². The highest BCUT2D eigenvalue weighted by molar-refractivity contribution is 7.37. The van der Waals surface area contributed by atoms with Crippen LogP contribution in [0.5, 0.6) is 0 Å². The van der Waals surface area contributed by atoms with Crippen LogP contribution in [-0.4, -0.2) is 38.7 Å². The Morgan fingerprint density at radius 1 is 1.27 bits per heavy atom. The van der Waals surface area contributed by atoms with Crippen molar-refractivity contribution in [3.63, 3.8) is 0 Å². The highest BCUT2D eigenvalue weighted by Crippen LogP contribution is 2.22. The topological polar surface area (TPSA) is 138 Å². The fourth-order valence-electron chi connectivity index (χ4n) is 0.964. The van der Waals surface area contributed by atoms with Crippen LogP contribution >= 0.6 is 8.03 Å². The SMILES string of the molecule is NC(CCC(=O)O)(CC[P+](=O)O)C(=O)O. The zero-order valence-electron chi connectivity index (χ0n) is 7.92. The van der Waals surface area contributed by atoms with Crippen molar-refractivity contribution < 1.29 is 29.3 Å². The molecule has 8 heteroatoms. The zero-order chi connectivity index (χ0) is 12.1. The van der Waals surface area contributed by atoms with Gasteiger partial charge in [-0.3, -0.25) is 9.59 Å². The molecule has 0 saturated carbocycles. The molecule has 0 saturated heterocycles. The summed E-state index contributed by atoms with van der Waals surface area (Å²) < 4.78 is 10.4. The summed E-state index contributed by atoms with van der Waals surface area (Å²) in [5.41, 5.74) is 3.69. The highest BCUT2D eigenvalue weighted by Gasteiger charge is 2.36. The van der Waals surface area contributed by atoms with Gasteiger partial charge in [-0.15, -0.1) is 0 Å². The minimum Gasteiger partial charge on any atom is -0.481 e. The van der Waals surface area contributed by atoms with Gasteiger partial charge in [-0.05, 0) is 11.0 Å². The van der Waals surface area contributed by atoms with E-state index in [9.17, 15) is 14.2 Å². The Labute approximate surface area is 86.8 Å². The first-order valence-corrected chi connectivity index (χ1v) is 5.55. The van der Waals surface area contributed by atoms with Crippen LogP contribution in [-0.2, 0) is 14.2 Å². The van der Waals surface area contributed by atoms with Crippen LogP contribution in [0.1, 0.15) is 19.3 Å². The van der Waals surface area contributed by atoms with Gasteiger partial charge in [-0.25, -0.2) is 0 Å². The lowest BCUT2D eigenvalue weighted by molar-refractivity contribution is -0.144. The second kappa shape index (κ2) is 5.75. The van der Waals surface area contributed by atoms with E-state index in [1.165, 1.54) is 0 Å². The fraction of sp³-hybridized carbons (Fsp3) is 0.714. The van der Waals surface area contributed by atoms with Gasteiger partial charge >= 0.3 is 20.0 Å². The predicted octanol–water partition coefficient (Wildman–Crippen LogP) is -0.242. The van der Waals surface area contributed by atoms with E-state index in [1.54, 1.807) is 0 Å². The molecule has 2 atom stereocenters.